The SMILES string of the molecule is Cc1cc(F)c(N)cc1-c1ccc(Cl)c(F)c1. The van der Waals surface area contributed by atoms with E-state index in [2.05, 4.69) is 0 Å². The summed E-state index contributed by atoms with van der Waals surface area (Å²) in [4.78, 5) is 0. The number of hydrogen-bond donors (Lipinski definition) is 1. The molecule has 0 unspecified atom stereocenters. The molecule has 4 heteroatoms. The van der Waals surface area contributed by atoms with Gasteiger partial charge >= 0.3 is 0 Å². The second-order valence-electron chi connectivity index (χ2n) is 3.82. The summed E-state index contributed by atoms with van der Waals surface area (Å²) in [5.74, 6) is -0.979. The van der Waals surface area contributed by atoms with Crippen molar-refractivity contribution in [3.05, 3.63) is 52.6 Å². The monoisotopic (exact) mass is 253 g/mol. The summed E-state index contributed by atoms with van der Waals surface area (Å²) >= 11 is 5.60. The molecule has 0 fully saturated rings. The standard InChI is InChI=1S/C13H10ClF2N/c1-7-4-12(16)13(17)6-9(7)8-2-3-10(14)11(15)5-8/h2-6H,17H2,1H3. The zero-order chi connectivity index (χ0) is 12.6. The second-order valence-corrected chi connectivity index (χ2v) is 4.22. The van der Waals surface area contributed by atoms with E-state index in [0.29, 0.717) is 16.7 Å². The van der Waals surface area contributed by atoms with Gasteiger partial charge in [-0.1, -0.05) is 17.7 Å². The highest BCUT2D eigenvalue weighted by atomic mass is 35.5. The van der Waals surface area contributed by atoms with Crippen molar-refractivity contribution in [1.29, 1.82) is 0 Å². The summed E-state index contributed by atoms with van der Waals surface area (Å²) < 4.78 is 26.5. The zero-order valence-electron chi connectivity index (χ0n) is 9.10. The Hall–Kier alpha value is -1.61. The predicted molar refractivity (Wildman–Crippen MR) is 66.0 cm³/mol. The minimum Gasteiger partial charge on any atom is -0.396 e. The highest BCUT2D eigenvalue weighted by molar-refractivity contribution is 6.30. The van der Waals surface area contributed by atoms with E-state index in [4.69, 9.17) is 17.3 Å². The summed E-state index contributed by atoms with van der Waals surface area (Å²) in [6, 6.07) is 7.27. The Kier molecular flexibility index (Phi) is 3.03. The fourth-order valence-corrected chi connectivity index (χ4v) is 1.78. The Balaban J connectivity index is 2.60. The van der Waals surface area contributed by atoms with Crippen molar-refractivity contribution in [2.45, 2.75) is 6.92 Å². The van der Waals surface area contributed by atoms with Crippen LogP contribution in [0.3, 0.4) is 0 Å². The van der Waals surface area contributed by atoms with Crippen LogP contribution in [0.25, 0.3) is 11.1 Å². The quantitative estimate of drug-likeness (QED) is 0.758. The van der Waals surface area contributed by atoms with Gasteiger partial charge in [-0.3, -0.25) is 0 Å². The van der Waals surface area contributed by atoms with Crippen molar-refractivity contribution in [1.82, 2.24) is 0 Å². The molecule has 2 aromatic rings. The van der Waals surface area contributed by atoms with Gasteiger partial charge in [0.1, 0.15) is 11.6 Å². The van der Waals surface area contributed by atoms with Gasteiger partial charge in [0.05, 0.1) is 10.7 Å². The fourth-order valence-electron chi connectivity index (χ4n) is 1.66. The summed E-state index contributed by atoms with van der Waals surface area (Å²) in [6.45, 7) is 1.74. The summed E-state index contributed by atoms with van der Waals surface area (Å²) in [7, 11) is 0. The third-order valence-corrected chi connectivity index (χ3v) is 2.88. The van der Waals surface area contributed by atoms with E-state index >= 15 is 0 Å². The van der Waals surface area contributed by atoms with E-state index < -0.39 is 11.6 Å². The number of nitrogens with two attached hydrogens (primary N) is 1. The van der Waals surface area contributed by atoms with Crippen LogP contribution in [0.15, 0.2) is 30.3 Å². The smallest absolute Gasteiger partial charge is 0.146 e. The van der Waals surface area contributed by atoms with E-state index in [9.17, 15) is 8.78 Å². The second kappa shape index (κ2) is 4.34. The van der Waals surface area contributed by atoms with Crippen molar-refractivity contribution in [2.75, 3.05) is 5.73 Å². The van der Waals surface area contributed by atoms with Crippen LogP contribution < -0.4 is 5.73 Å². The van der Waals surface area contributed by atoms with Crippen molar-refractivity contribution >= 4 is 17.3 Å². The van der Waals surface area contributed by atoms with Gasteiger partial charge in [-0.2, -0.15) is 0 Å². The molecule has 17 heavy (non-hydrogen) atoms. The highest BCUT2D eigenvalue weighted by Crippen LogP contribution is 2.29. The molecule has 0 heterocycles. The lowest BCUT2D eigenvalue weighted by molar-refractivity contribution is 0.628. The maximum atomic E-state index is 13.3. The molecule has 0 saturated heterocycles. The van der Waals surface area contributed by atoms with E-state index in [1.54, 1.807) is 13.0 Å². The third kappa shape index (κ3) is 2.24. The average Bonchev–Trinajstić information content (AvgIpc) is 2.27. The van der Waals surface area contributed by atoms with Gasteiger partial charge in [-0.05, 0) is 47.9 Å². The van der Waals surface area contributed by atoms with E-state index in [1.165, 1.54) is 24.3 Å². The van der Waals surface area contributed by atoms with Gasteiger partial charge in [0, 0.05) is 0 Å². The largest absolute Gasteiger partial charge is 0.396 e. The molecular formula is C13H10ClF2N. The minimum absolute atomic E-state index is 0.0426. The number of rotatable bonds is 1. The van der Waals surface area contributed by atoms with E-state index in [1.807, 2.05) is 0 Å². The van der Waals surface area contributed by atoms with Gasteiger partial charge < -0.3 is 5.73 Å². The molecule has 2 aromatic carbocycles. The first kappa shape index (κ1) is 11.9. The fraction of sp³-hybridized carbons (Fsp3) is 0.0769. The lowest BCUT2D eigenvalue weighted by atomic mass is 9.99. The molecule has 0 aliphatic heterocycles. The molecule has 0 aromatic heterocycles. The van der Waals surface area contributed by atoms with Gasteiger partial charge in [-0.25, -0.2) is 8.78 Å². The van der Waals surface area contributed by atoms with Gasteiger partial charge in [0.15, 0.2) is 0 Å². The maximum absolute atomic E-state index is 13.3. The zero-order valence-corrected chi connectivity index (χ0v) is 9.85. The number of nitrogen functional groups attached to an aromatic ring is 1. The van der Waals surface area contributed by atoms with E-state index in [0.717, 1.165) is 0 Å². The number of aryl methyl sites for hydroxylation is 1. The third-order valence-electron chi connectivity index (χ3n) is 2.57. The Labute approximate surface area is 103 Å². The van der Waals surface area contributed by atoms with Gasteiger partial charge in [0.2, 0.25) is 0 Å². The van der Waals surface area contributed by atoms with Crippen molar-refractivity contribution < 1.29 is 8.78 Å². The van der Waals surface area contributed by atoms with Gasteiger partial charge in [0.25, 0.3) is 0 Å². The normalized spacial score (nSPS) is 10.6. The average molecular weight is 254 g/mol. The Bertz CT molecular complexity index is 582. The molecular weight excluding hydrogens is 244 g/mol. The molecule has 0 aliphatic carbocycles. The number of benzene rings is 2. The van der Waals surface area contributed by atoms with Crippen molar-refractivity contribution in [2.24, 2.45) is 0 Å². The highest BCUT2D eigenvalue weighted by Gasteiger charge is 2.09. The molecule has 2 rings (SSSR count). The number of anilines is 1. The molecule has 0 spiro atoms. The Morgan fingerprint density at radius 3 is 2.41 bits per heavy atom. The molecule has 0 saturated carbocycles. The molecule has 1 nitrogen and oxygen atoms in total. The van der Waals surface area contributed by atoms with Crippen molar-refractivity contribution in [3.63, 3.8) is 0 Å². The molecule has 0 bridgehead atoms. The lowest BCUT2D eigenvalue weighted by Gasteiger charge is -2.09. The first-order chi connectivity index (χ1) is 7.99. The number of halogens is 3. The Morgan fingerprint density at radius 1 is 1.06 bits per heavy atom. The topological polar surface area (TPSA) is 26.0 Å². The molecule has 0 amide bonds. The lowest BCUT2D eigenvalue weighted by Crippen LogP contribution is -1.94. The minimum atomic E-state index is -0.508. The summed E-state index contributed by atoms with van der Waals surface area (Å²) in [6.07, 6.45) is 0. The van der Waals surface area contributed by atoms with Crippen LogP contribution in [-0.2, 0) is 0 Å². The molecule has 2 N–H and O–H groups in total. The molecule has 0 atom stereocenters. The van der Waals surface area contributed by atoms with Crippen LogP contribution in [0, 0.1) is 18.6 Å². The molecule has 88 valence electrons. The van der Waals surface area contributed by atoms with Crippen LogP contribution in [0.4, 0.5) is 14.5 Å². The number of hydrogen-bond acceptors (Lipinski definition) is 1. The van der Waals surface area contributed by atoms with E-state index in [-0.39, 0.29) is 10.7 Å². The maximum Gasteiger partial charge on any atom is 0.146 e. The summed E-state index contributed by atoms with van der Waals surface area (Å²) in [5.41, 5.74) is 7.55. The van der Waals surface area contributed by atoms with Gasteiger partial charge in [-0.15, -0.1) is 0 Å². The van der Waals surface area contributed by atoms with Crippen LogP contribution in [-0.4, -0.2) is 0 Å². The molecule has 0 radical (unpaired) electrons. The predicted octanol–water partition coefficient (Wildman–Crippen LogP) is 4.18. The van der Waals surface area contributed by atoms with Crippen LogP contribution in [0.1, 0.15) is 5.56 Å². The Morgan fingerprint density at radius 2 is 1.76 bits per heavy atom. The molecule has 0 aliphatic rings. The van der Waals surface area contributed by atoms with Crippen LogP contribution in [0.5, 0.6) is 0 Å². The first-order valence-corrected chi connectivity index (χ1v) is 5.38. The van der Waals surface area contributed by atoms with Crippen LogP contribution >= 0.6 is 11.6 Å². The van der Waals surface area contributed by atoms with Crippen LogP contribution in [0.2, 0.25) is 5.02 Å². The van der Waals surface area contributed by atoms with Crippen molar-refractivity contribution in [3.8, 4) is 11.1 Å². The first-order valence-electron chi connectivity index (χ1n) is 5.00. The summed E-state index contributed by atoms with van der Waals surface area (Å²) in [5, 5.41) is 0.0569.